The molecule has 2 aromatic rings. The van der Waals surface area contributed by atoms with Crippen LogP contribution in [0.4, 0.5) is 0 Å². The molecule has 21 heavy (non-hydrogen) atoms. The summed E-state index contributed by atoms with van der Waals surface area (Å²) in [6.45, 7) is 0.760. The van der Waals surface area contributed by atoms with E-state index in [1.807, 2.05) is 0 Å². The molecule has 0 aliphatic carbocycles. The van der Waals surface area contributed by atoms with Gasteiger partial charge < -0.3 is 19.9 Å². The first-order valence-electron chi connectivity index (χ1n) is 6.06. The van der Waals surface area contributed by atoms with E-state index >= 15 is 0 Å². The van der Waals surface area contributed by atoms with Crippen molar-refractivity contribution in [2.24, 2.45) is 5.73 Å². The molecule has 0 aliphatic heterocycles. The predicted molar refractivity (Wildman–Crippen MR) is 82.0 cm³/mol. The van der Waals surface area contributed by atoms with Crippen molar-refractivity contribution in [2.75, 3.05) is 27.9 Å². The topological polar surface area (TPSA) is 88.6 Å². The van der Waals surface area contributed by atoms with E-state index in [1.165, 1.54) is 32.2 Å². The van der Waals surface area contributed by atoms with Crippen LogP contribution in [-0.4, -0.2) is 37.4 Å². The van der Waals surface area contributed by atoms with Crippen molar-refractivity contribution in [3.8, 4) is 17.2 Å². The summed E-state index contributed by atoms with van der Waals surface area (Å²) in [6.07, 6.45) is 1.45. The second kappa shape index (κ2) is 7.14. The van der Waals surface area contributed by atoms with Crippen LogP contribution in [0.5, 0.6) is 17.2 Å². The molecule has 0 spiro atoms. The highest BCUT2D eigenvalue weighted by Gasteiger charge is 2.19. The van der Waals surface area contributed by atoms with Gasteiger partial charge in [0.05, 0.1) is 33.0 Å². The molecule has 1 heterocycles. The summed E-state index contributed by atoms with van der Waals surface area (Å²) in [5, 5.41) is 0.399. The number of nitrogens with zero attached hydrogens (tertiary/aromatic N) is 2. The maximum atomic E-state index is 12.4. The minimum absolute atomic E-state index is 0. The van der Waals surface area contributed by atoms with Crippen LogP contribution in [0.2, 0.25) is 0 Å². The first-order valence-corrected chi connectivity index (χ1v) is 6.06. The first kappa shape index (κ1) is 17.1. The Hall–Kier alpha value is -1.99. The van der Waals surface area contributed by atoms with Gasteiger partial charge in [0.1, 0.15) is 5.52 Å². The molecule has 0 aliphatic rings. The molecule has 0 fully saturated rings. The third-order valence-corrected chi connectivity index (χ3v) is 2.99. The Bertz CT molecular complexity index is 687. The lowest BCUT2D eigenvalue weighted by Crippen LogP contribution is -2.24. The molecule has 0 bridgehead atoms. The van der Waals surface area contributed by atoms with Crippen molar-refractivity contribution < 1.29 is 14.2 Å². The number of nitrogens with two attached hydrogens (primary N) is 1. The smallest absolute Gasteiger partial charge is 0.261 e. The summed E-state index contributed by atoms with van der Waals surface area (Å²) < 4.78 is 17.3. The molecule has 0 unspecified atom stereocenters. The summed E-state index contributed by atoms with van der Waals surface area (Å²) in [6, 6.07) is 1.60. The third kappa shape index (κ3) is 2.88. The number of benzene rings is 1. The molecule has 2 rings (SSSR count). The van der Waals surface area contributed by atoms with Crippen molar-refractivity contribution in [3.05, 3.63) is 22.7 Å². The van der Waals surface area contributed by atoms with Gasteiger partial charge >= 0.3 is 0 Å². The quantitative estimate of drug-likeness (QED) is 0.878. The van der Waals surface area contributed by atoms with Crippen molar-refractivity contribution in [3.63, 3.8) is 0 Å². The van der Waals surface area contributed by atoms with Gasteiger partial charge in [-0.1, -0.05) is 0 Å². The van der Waals surface area contributed by atoms with Crippen molar-refractivity contribution in [2.45, 2.75) is 6.54 Å². The summed E-state index contributed by atoms with van der Waals surface area (Å²) in [5.41, 5.74) is 5.71. The molecular weight excluding hydrogens is 298 g/mol. The maximum Gasteiger partial charge on any atom is 0.261 e. The lowest BCUT2D eigenvalue weighted by Gasteiger charge is -2.14. The predicted octanol–water partition coefficient (Wildman–Crippen LogP) is 0.803. The van der Waals surface area contributed by atoms with Gasteiger partial charge in [-0.25, -0.2) is 4.98 Å². The molecule has 0 radical (unpaired) electrons. The molecule has 8 heteroatoms. The number of ether oxygens (including phenoxy) is 3. The molecule has 0 atom stereocenters. The Morgan fingerprint density at radius 3 is 2.38 bits per heavy atom. The van der Waals surface area contributed by atoms with E-state index in [1.54, 1.807) is 6.07 Å². The Labute approximate surface area is 128 Å². The van der Waals surface area contributed by atoms with E-state index in [9.17, 15) is 4.79 Å². The highest BCUT2D eigenvalue weighted by molar-refractivity contribution is 5.89. The SMILES string of the molecule is COc1cc2c(=O)n(CCN)cnc2c(OC)c1OC.Cl. The van der Waals surface area contributed by atoms with Gasteiger partial charge in [0.15, 0.2) is 11.5 Å². The highest BCUT2D eigenvalue weighted by atomic mass is 35.5. The van der Waals surface area contributed by atoms with E-state index in [0.29, 0.717) is 41.2 Å². The zero-order chi connectivity index (χ0) is 14.7. The Balaban J connectivity index is 0.00000220. The number of rotatable bonds is 5. The summed E-state index contributed by atoms with van der Waals surface area (Å²) >= 11 is 0. The molecule has 1 aromatic heterocycles. The van der Waals surface area contributed by atoms with Crippen LogP contribution in [-0.2, 0) is 6.54 Å². The summed E-state index contributed by atoms with van der Waals surface area (Å²) in [7, 11) is 4.49. The van der Waals surface area contributed by atoms with Crippen LogP contribution >= 0.6 is 12.4 Å². The fourth-order valence-corrected chi connectivity index (χ4v) is 2.07. The Morgan fingerprint density at radius 2 is 1.86 bits per heavy atom. The van der Waals surface area contributed by atoms with Crippen LogP contribution in [0, 0.1) is 0 Å². The summed E-state index contributed by atoms with van der Waals surface area (Å²) in [5.74, 6) is 1.20. The number of methoxy groups -OCH3 is 3. The van der Waals surface area contributed by atoms with Crippen LogP contribution < -0.4 is 25.5 Å². The number of aromatic nitrogens is 2. The lowest BCUT2D eigenvalue weighted by molar-refractivity contribution is 0.326. The minimum atomic E-state index is -0.195. The van der Waals surface area contributed by atoms with Crippen LogP contribution in [0.15, 0.2) is 17.2 Å². The second-order valence-corrected chi connectivity index (χ2v) is 4.07. The Kier molecular flexibility index (Phi) is 5.80. The van der Waals surface area contributed by atoms with Crippen LogP contribution in [0.25, 0.3) is 10.9 Å². The fourth-order valence-electron chi connectivity index (χ4n) is 2.07. The van der Waals surface area contributed by atoms with Crippen molar-refractivity contribution >= 4 is 23.3 Å². The molecule has 7 nitrogen and oxygen atoms in total. The standard InChI is InChI=1S/C13H17N3O4.ClH/c1-18-9-6-8-10(12(20-3)11(9)19-2)15-7-16(5-4-14)13(8)17;/h6-7H,4-5,14H2,1-3H3;1H. The van der Waals surface area contributed by atoms with E-state index in [0.717, 1.165) is 0 Å². The van der Waals surface area contributed by atoms with E-state index < -0.39 is 0 Å². The Morgan fingerprint density at radius 1 is 1.19 bits per heavy atom. The van der Waals surface area contributed by atoms with Crippen molar-refractivity contribution in [1.82, 2.24) is 9.55 Å². The summed E-state index contributed by atoms with van der Waals surface area (Å²) in [4.78, 5) is 16.6. The maximum absolute atomic E-state index is 12.4. The van der Waals surface area contributed by atoms with Gasteiger partial charge in [-0.05, 0) is 6.07 Å². The molecule has 0 saturated heterocycles. The minimum Gasteiger partial charge on any atom is -0.493 e. The van der Waals surface area contributed by atoms with Gasteiger partial charge in [0.25, 0.3) is 5.56 Å². The number of fused-ring (bicyclic) bond motifs is 1. The highest BCUT2D eigenvalue weighted by Crippen LogP contribution is 2.41. The van der Waals surface area contributed by atoms with Crippen LogP contribution in [0.1, 0.15) is 0 Å². The van der Waals surface area contributed by atoms with Gasteiger partial charge in [0.2, 0.25) is 5.75 Å². The fraction of sp³-hybridized carbons (Fsp3) is 0.385. The molecular formula is C13H18ClN3O4. The van der Waals surface area contributed by atoms with E-state index in [2.05, 4.69) is 4.98 Å². The second-order valence-electron chi connectivity index (χ2n) is 4.07. The molecule has 2 N–H and O–H groups in total. The molecule has 116 valence electrons. The average Bonchev–Trinajstić information content (AvgIpc) is 2.48. The van der Waals surface area contributed by atoms with Gasteiger partial charge in [-0.2, -0.15) is 0 Å². The van der Waals surface area contributed by atoms with Gasteiger partial charge in [-0.15, -0.1) is 12.4 Å². The largest absolute Gasteiger partial charge is 0.493 e. The van der Waals surface area contributed by atoms with Gasteiger partial charge in [-0.3, -0.25) is 9.36 Å². The van der Waals surface area contributed by atoms with Crippen LogP contribution in [0.3, 0.4) is 0 Å². The van der Waals surface area contributed by atoms with Crippen molar-refractivity contribution in [1.29, 1.82) is 0 Å². The van der Waals surface area contributed by atoms with E-state index in [4.69, 9.17) is 19.9 Å². The third-order valence-electron chi connectivity index (χ3n) is 2.99. The molecule has 0 amide bonds. The van der Waals surface area contributed by atoms with Gasteiger partial charge in [0, 0.05) is 13.1 Å². The molecule has 1 aromatic carbocycles. The number of hydrogen-bond donors (Lipinski definition) is 1. The average molecular weight is 316 g/mol. The zero-order valence-electron chi connectivity index (χ0n) is 12.1. The normalized spacial score (nSPS) is 10.1. The zero-order valence-corrected chi connectivity index (χ0v) is 12.9. The number of hydrogen-bond acceptors (Lipinski definition) is 6. The molecule has 0 saturated carbocycles. The number of halogens is 1. The first-order chi connectivity index (χ1) is 9.67. The van der Waals surface area contributed by atoms with E-state index in [-0.39, 0.29) is 18.0 Å². The monoisotopic (exact) mass is 315 g/mol. The lowest BCUT2D eigenvalue weighted by atomic mass is 10.2.